The number of aromatic nitrogens is 2. The van der Waals surface area contributed by atoms with E-state index in [4.69, 9.17) is 15.2 Å². The minimum absolute atomic E-state index is 0.126. The molecule has 0 fully saturated rings. The highest BCUT2D eigenvalue weighted by Crippen LogP contribution is 2.23. The number of nitrogens with zero attached hydrogens (tertiary/aromatic N) is 2. The average molecular weight is 273 g/mol. The van der Waals surface area contributed by atoms with Crippen LogP contribution < -0.4 is 15.2 Å². The maximum atomic E-state index is 6.24. The van der Waals surface area contributed by atoms with Crippen LogP contribution in [0.1, 0.15) is 31.1 Å². The van der Waals surface area contributed by atoms with Crippen LogP contribution in [0.15, 0.2) is 36.7 Å². The molecular weight excluding hydrogens is 254 g/mol. The maximum Gasteiger partial charge on any atom is 0.216 e. The molecule has 1 aromatic carbocycles. The third kappa shape index (κ3) is 3.45. The Hall–Kier alpha value is -2.14. The van der Waals surface area contributed by atoms with Gasteiger partial charge in [0.15, 0.2) is 0 Å². The molecule has 2 rings (SSSR count). The summed E-state index contributed by atoms with van der Waals surface area (Å²) in [6, 6.07) is 9.11. The molecule has 1 aromatic heterocycles. The molecule has 1 unspecified atom stereocenters. The topological polar surface area (TPSA) is 70.3 Å². The van der Waals surface area contributed by atoms with Crippen molar-refractivity contribution in [2.24, 2.45) is 5.73 Å². The predicted octanol–water partition coefficient (Wildman–Crippen LogP) is 2.32. The first-order valence-corrected chi connectivity index (χ1v) is 6.48. The van der Waals surface area contributed by atoms with Gasteiger partial charge in [0.1, 0.15) is 12.1 Å². The van der Waals surface area contributed by atoms with Crippen molar-refractivity contribution in [3.8, 4) is 11.6 Å². The molecule has 0 spiro atoms. The first kappa shape index (κ1) is 14.3. The van der Waals surface area contributed by atoms with Gasteiger partial charge in [-0.2, -0.15) is 0 Å². The molecule has 0 amide bonds. The summed E-state index contributed by atoms with van der Waals surface area (Å²) >= 11 is 0. The van der Waals surface area contributed by atoms with E-state index < -0.39 is 0 Å². The van der Waals surface area contributed by atoms with Crippen LogP contribution in [0.3, 0.4) is 0 Å². The van der Waals surface area contributed by atoms with E-state index >= 15 is 0 Å². The van der Waals surface area contributed by atoms with Crippen LogP contribution in [0.25, 0.3) is 0 Å². The first-order valence-electron chi connectivity index (χ1n) is 6.48. The number of benzene rings is 1. The molecule has 0 saturated heterocycles. The van der Waals surface area contributed by atoms with Gasteiger partial charge < -0.3 is 15.2 Å². The van der Waals surface area contributed by atoms with Crippen molar-refractivity contribution >= 4 is 0 Å². The fourth-order valence-corrected chi connectivity index (χ4v) is 1.86. The van der Waals surface area contributed by atoms with E-state index in [0.717, 1.165) is 11.3 Å². The van der Waals surface area contributed by atoms with Crippen LogP contribution in [0.4, 0.5) is 0 Å². The van der Waals surface area contributed by atoms with Crippen molar-refractivity contribution in [2.45, 2.75) is 26.0 Å². The molecule has 0 aliphatic rings. The van der Waals surface area contributed by atoms with Gasteiger partial charge in [-0.05, 0) is 31.5 Å². The van der Waals surface area contributed by atoms with Gasteiger partial charge in [0.2, 0.25) is 5.88 Å². The summed E-state index contributed by atoms with van der Waals surface area (Å²) in [5.74, 6) is 1.30. The van der Waals surface area contributed by atoms with Gasteiger partial charge in [0, 0.05) is 6.07 Å². The van der Waals surface area contributed by atoms with Crippen molar-refractivity contribution in [2.75, 3.05) is 7.11 Å². The smallest absolute Gasteiger partial charge is 0.216 e. The molecule has 0 aliphatic heterocycles. The number of nitrogens with two attached hydrogens (primary N) is 1. The van der Waals surface area contributed by atoms with Crippen molar-refractivity contribution in [3.63, 3.8) is 0 Å². The average Bonchev–Trinajstić information content (AvgIpc) is 2.46. The summed E-state index contributed by atoms with van der Waals surface area (Å²) in [6.07, 6.45) is 1.57. The van der Waals surface area contributed by atoms with Crippen LogP contribution in [0.5, 0.6) is 11.6 Å². The Bertz CT molecular complexity index is 573. The fourth-order valence-electron chi connectivity index (χ4n) is 1.86. The van der Waals surface area contributed by atoms with E-state index in [1.54, 1.807) is 13.2 Å². The molecule has 0 aliphatic carbocycles. The highest BCUT2D eigenvalue weighted by atomic mass is 16.5. The molecule has 1 atom stereocenters. The fraction of sp³-hybridized carbons (Fsp3) is 0.333. The molecule has 1 heterocycles. The second kappa shape index (κ2) is 6.34. The minimum Gasteiger partial charge on any atom is -0.491 e. The monoisotopic (exact) mass is 273 g/mol. The van der Waals surface area contributed by atoms with E-state index in [-0.39, 0.29) is 12.1 Å². The Labute approximate surface area is 118 Å². The van der Waals surface area contributed by atoms with Gasteiger partial charge in [-0.25, -0.2) is 9.97 Å². The van der Waals surface area contributed by atoms with Crippen LogP contribution in [-0.4, -0.2) is 23.2 Å². The van der Waals surface area contributed by atoms with Crippen molar-refractivity contribution in [1.82, 2.24) is 9.97 Å². The zero-order valence-electron chi connectivity index (χ0n) is 11.9. The predicted molar refractivity (Wildman–Crippen MR) is 76.8 cm³/mol. The Morgan fingerprint density at radius 2 is 1.95 bits per heavy atom. The van der Waals surface area contributed by atoms with E-state index in [2.05, 4.69) is 9.97 Å². The van der Waals surface area contributed by atoms with Crippen molar-refractivity contribution in [1.29, 1.82) is 0 Å². The number of rotatable bonds is 5. The second-order valence-corrected chi connectivity index (χ2v) is 4.70. The summed E-state index contributed by atoms with van der Waals surface area (Å²) < 4.78 is 10.8. The quantitative estimate of drug-likeness (QED) is 0.905. The molecule has 0 radical (unpaired) electrons. The summed E-state index contributed by atoms with van der Waals surface area (Å²) in [7, 11) is 1.56. The van der Waals surface area contributed by atoms with Crippen LogP contribution in [0, 0.1) is 0 Å². The molecule has 2 aromatic rings. The maximum absolute atomic E-state index is 6.24. The minimum atomic E-state index is -0.345. The third-order valence-electron chi connectivity index (χ3n) is 2.78. The largest absolute Gasteiger partial charge is 0.491 e. The first-order chi connectivity index (χ1) is 9.60. The molecule has 2 N–H and O–H groups in total. The normalized spacial score (nSPS) is 12.2. The van der Waals surface area contributed by atoms with Crippen molar-refractivity contribution in [3.05, 3.63) is 47.9 Å². The van der Waals surface area contributed by atoms with Gasteiger partial charge in [-0.1, -0.05) is 12.1 Å². The van der Waals surface area contributed by atoms with Crippen LogP contribution >= 0.6 is 0 Å². The molecule has 5 nitrogen and oxygen atoms in total. The van der Waals surface area contributed by atoms with Gasteiger partial charge in [-0.3, -0.25) is 0 Å². The highest BCUT2D eigenvalue weighted by Gasteiger charge is 2.12. The number of ether oxygens (including phenoxy) is 2. The lowest BCUT2D eigenvalue weighted by Crippen LogP contribution is -2.14. The number of hydrogen-bond acceptors (Lipinski definition) is 5. The van der Waals surface area contributed by atoms with Gasteiger partial charge in [-0.15, -0.1) is 0 Å². The Morgan fingerprint density at radius 1 is 1.15 bits per heavy atom. The van der Waals surface area contributed by atoms with E-state index in [9.17, 15) is 0 Å². The SMILES string of the molecule is COc1cc(C(N)c2cccc(OC(C)C)c2)ncn1. The summed E-state index contributed by atoms with van der Waals surface area (Å²) in [4.78, 5) is 8.17. The lowest BCUT2D eigenvalue weighted by Gasteiger charge is -2.15. The molecule has 20 heavy (non-hydrogen) atoms. The molecule has 0 saturated carbocycles. The van der Waals surface area contributed by atoms with E-state index in [1.165, 1.54) is 6.33 Å². The van der Waals surface area contributed by atoms with Crippen LogP contribution in [0.2, 0.25) is 0 Å². The highest BCUT2D eigenvalue weighted by molar-refractivity contribution is 5.35. The third-order valence-corrected chi connectivity index (χ3v) is 2.78. The molecule has 0 bridgehead atoms. The zero-order chi connectivity index (χ0) is 14.5. The van der Waals surface area contributed by atoms with Gasteiger partial charge in [0.05, 0.1) is 24.9 Å². The standard InChI is InChI=1S/C15H19N3O2/c1-10(2)20-12-6-4-5-11(7-12)15(16)13-8-14(19-3)18-9-17-13/h4-10,15H,16H2,1-3H3. The van der Waals surface area contributed by atoms with Gasteiger partial charge >= 0.3 is 0 Å². The van der Waals surface area contributed by atoms with Crippen molar-refractivity contribution < 1.29 is 9.47 Å². The lowest BCUT2D eigenvalue weighted by molar-refractivity contribution is 0.242. The Kier molecular flexibility index (Phi) is 4.53. The molecule has 106 valence electrons. The molecular formula is C15H19N3O2. The van der Waals surface area contributed by atoms with E-state index in [1.807, 2.05) is 38.1 Å². The van der Waals surface area contributed by atoms with E-state index in [0.29, 0.717) is 11.6 Å². The summed E-state index contributed by atoms with van der Waals surface area (Å²) in [6.45, 7) is 3.98. The second-order valence-electron chi connectivity index (χ2n) is 4.70. The Morgan fingerprint density at radius 3 is 2.65 bits per heavy atom. The number of methoxy groups -OCH3 is 1. The molecule has 5 heteroatoms. The number of hydrogen-bond donors (Lipinski definition) is 1. The lowest BCUT2D eigenvalue weighted by atomic mass is 10.0. The van der Waals surface area contributed by atoms with Crippen LogP contribution in [-0.2, 0) is 0 Å². The van der Waals surface area contributed by atoms with Gasteiger partial charge in [0.25, 0.3) is 0 Å². The summed E-state index contributed by atoms with van der Waals surface area (Å²) in [5, 5.41) is 0. The Balaban J connectivity index is 2.25. The zero-order valence-corrected chi connectivity index (χ0v) is 11.9. The summed E-state index contributed by atoms with van der Waals surface area (Å²) in [5.41, 5.74) is 7.88.